The number of nitrogens with one attached hydrogen (secondary N) is 1. The lowest BCUT2D eigenvalue weighted by Gasteiger charge is -2.13. The molecule has 1 N–H and O–H groups in total. The number of hydrogen-bond donors (Lipinski definition) is 1. The molecule has 0 saturated carbocycles. The third-order valence-corrected chi connectivity index (χ3v) is 3.56. The minimum Gasteiger partial charge on any atom is -0.361 e. The van der Waals surface area contributed by atoms with Crippen LogP contribution < -0.4 is 5.32 Å². The lowest BCUT2D eigenvalue weighted by Crippen LogP contribution is -2.26. The Kier molecular flexibility index (Phi) is 5.26. The number of nitrogens with zero attached hydrogens (tertiary/aromatic N) is 1. The summed E-state index contributed by atoms with van der Waals surface area (Å²) in [5.41, 5.74) is -0.639. The topological polar surface area (TPSA) is 55.1 Å². The van der Waals surface area contributed by atoms with Crippen LogP contribution in [0.15, 0.2) is 22.7 Å². The summed E-state index contributed by atoms with van der Waals surface area (Å²) >= 11 is 0. The number of alkyl halides is 3. The van der Waals surface area contributed by atoms with Crippen LogP contribution in [0.25, 0.3) is 0 Å². The number of hydrogen-bond acceptors (Lipinski definition) is 3. The zero-order chi connectivity index (χ0) is 17.9. The van der Waals surface area contributed by atoms with Gasteiger partial charge in [-0.2, -0.15) is 13.2 Å². The third-order valence-electron chi connectivity index (χ3n) is 3.56. The van der Waals surface area contributed by atoms with Crippen LogP contribution in [0.5, 0.6) is 0 Å². The molecule has 1 heterocycles. The molecule has 0 aliphatic carbocycles. The van der Waals surface area contributed by atoms with Gasteiger partial charge in [0.25, 0.3) is 5.91 Å². The standard InChI is InChI=1S/C16H16F4N2O2/c1-3-13-11(14(4-2)24-22-13)8-21-15(23)10-6-5-9(17)7-12(10)16(18,19)20/h5-7H,3-4,8H2,1-2H3,(H,21,23). The summed E-state index contributed by atoms with van der Waals surface area (Å²) in [4.78, 5) is 12.1. The van der Waals surface area contributed by atoms with Gasteiger partial charge in [0.2, 0.25) is 0 Å². The molecule has 0 radical (unpaired) electrons. The number of benzene rings is 1. The molecule has 1 amide bonds. The van der Waals surface area contributed by atoms with Gasteiger partial charge < -0.3 is 9.84 Å². The second-order valence-electron chi connectivity index (χ2n) is 5.11. The van der Waals surface area contributed by atoms with Crippen molar-refractivity contribution >= 4 is 5.91 Å². The normalized spacial score (nSPS) is 11.6. The molecule has 130 valence electrons. The highest BCUT2D eigenvalue weighted by Crippen LogP contribution is 2.32. The van der Waals surface area contributed by atoms with E-state index in [0.717, 1.165) is 12.1 Å². The van der Waals surface area contributed by atoms with Gasteiger partial charge in [-0.3, -0.25) is 4.79 Å². The highest BCUT2D eigenvalue weighted by molar-refractivity contribution is 5.95. The number of carbonyl (C=O) groups is 1. The molecule has 0 spiro atoms. The van der Waals surface area contributed by atoms with Crippen molar-refractivity contribution in [1.29, 1.82) is 0 Å². The molecule has 0 aliphatic heterocycles. The predicted octanol–water partition coefficient (Wildman–Crippen LogP) is 3.89. The van der Waals surface area contributed by atoms with Crippen LogP contribution in [0, 0.1) is 5.82 Å². The zero-order valence-electron chi connectivity index (χ0n) is 13.1. The monoisotopic (exact) mass is 344 g/mol. The van der Waals surface area contributed by atoms with Crippen LogP contribution in [-0.4, -0.2) is 11.1 Å². The first-order chi connectivity index (χ1) is 11.3. The lowest BCUT2D eigenvalue weighted by atomic mass is 10.1. The van der Waals surface area contributed by atoms with Gasteiger partial charge in [0, 0.05) is 18.5 Å². The Labute approximate surface area is 135 Å². The first kappa shape index (κ1) is 18.0. The molecule has 1 aromatic carbocycles. The van der Waals surface area contributed by atoms with Crippen molar-refractivity contribution in [2.24, 2.45) is 0 Å². The van der Waals surface area contributed by atoms with Gasteiger partial charge in [-0.05, 0) is 24.6 Å². The van der Waals surface area contributed by atoms with E-state index in [1.54, 1.807) is 0 Å². The highest BCUT2D eigenvalue weighted by Gasteiger charge is 2.35. The van der Waals surface area contributed by atoms with E-state index in [-0.39, 0.29) is 6.54 Å². The fourth-order valence-electron chi connectivity index (χ4n) is 2.35. The summed E-state index contributed by atoms with van der Waals surface area (Å²) in [5.74, 6) is -1.42. The van der Waals surface area contributed by atoms with Gasteiger partial charge in [-0.15, -0.1) is 0 Å². The van der Waals surface area contributed by atoms with E-state index in [4.69, 9.17) is 4.52 Å². The van der Waals surface area contributed by atoms with Crippen LogP contribution >= 0.6 is 0 Å². The van der Waals surface area contributed by atoms with E-state index in [1.807, 2.05) is 13.8 Å². The Bertz CT molecular complexity index is 717. The van der Waals surface area contributed by atoms with Gasteiger partial charge in [0.1, 0.15) is 11.6 Å². The molecule has 0 aliphatic rings. The summed E-state index contributed by atoms with van der Waals surface area (Å²) < 4.78 is 57.1. The lowest BCUT2D eigenvalue weighted by molar-refractivity contribution is -0.138. The van der Waals surface area contributed by atoms with E-state index >= 15 is 0 Å². The minimum absolute atomic E-state index is 0.0106. The van der Waals surface area contributed by atoms with Crippen LogP contribution in [0.1, 0.15) is 46.8 Å². The Hall–Kier alpha value is -2.38. The van der Waals surface area contributed by atoms with Crippen molar-refractivity contribution in [2.45, 2.75) is 39.4 Å². The zero-order valence-corrected chi connectivity index (χ0v) is 13.1. The number of aryl methyl sites for hydroxylation is 2. The summed E-state index contributed by atoms with van der Waals surface area (Å²) in [5, 5.41) is 6.29. The van der Waals surface area contributed by atoms with Crippen LogP contribution in [0.4, 0.5) is 17.6 Å². The minimum atomic E-state index is -4.82. The molecular weight excluding hydrogens is 328 g/mol. The molecule has 0 atom stereocenters. The summed E-state index contributed by atoms with van der Waals surface area (Å²) in [6.07, 6.45) is -3.71. The van der Waals surface area contributed by atoms with E-state index in [9.17, 15) is 22.4 Å². The van der Waals surface area contributed by atoms with Crippen molar-refractivity contribution in [3.05, 3.63) is 52.2 Å². The number of carbonyl (C=O) groups excluding carboxylic acids is 1. The van der Waals surface area contributed by atoms with Crippen molar-refractivity contribution in [3.63, 3.8) is 0 Å². The molecular formula is C16H16F4N2O2. The number of rotatable bonds is 5. The second kappa shape index (κ2) is 7.02. The molecule has 4 nitrogen and oxygen atoms in total. The quantitative estimate of drug-likeness (QED) is 0.838. The maximum absolute atomic E-state index is 13.1. The highest BCUT2D eigenvalue weighted by atomic mass is 19.4. The van der Waals surface area contributed by atoms with Gasteiger partial charge in [-0.25, -0.2) is 4.39 Å². The Morgan fingerprint density at radius 3 is 2.54 bits per heavy atom. The molecule has 24 heavy (non-hydrogen) atoms. The molecule has 2 rings (SSSR count). The number of halogens is 4. The summed E-state index contributed by atoms with van der Waals surface area (Å²) in [7, 11) is 0. The first-order valence-electron chi connectivity index (χ1n) is 7.39. The molecule has 0 saturated heterocycles. The summed E-state index contributed by atoms with van der Waals surface area (Å²) in [6, 6.07) is 1.95. The van der Waals surface area contributed by atoms with Crippen LogP contribution in [0.2, 0.25) is 0 Å². The van der Waals surface area contributed by atoms with E-state index < -0.39 is 29.0 Å². The molecule has 2 aromatic rings. The largest absolute Gasteiger partial charge is 0.417 e. The Balaban J connectivity index is 2.24. The number of aromatic nitrogens is 1. The maximum Gasteiger partial charge on any atom is 0.417 e. The number of amides is 1. The van der Waals surface area contributed by atoms with Gasteiger partial charge in [0.15, 0.2) is 0 Å². The van der Waals surface area contributed by atoms with Crippen LogP contribution in [0.3, 0.4) is 0 Å². The Morgan fingerprint density at radius 1 is 1.25 bits per heavy atom. The second-order valence-corrected chi connectivity index (χ2v) is 5.11. The first-order valence-corrected chi connectivity index (χ1v) is 7.39. The van der Waals surface area contributed by atoms with Gasteiger partial charge in [0.05, 0.1) is 16.8 Å². The summed E-state index contributed by atoms with van der Waals surface area (Å²) in [6.45, 7) is 3.68. The SMILES string of the molecule is CCc1noc(CC)c1CNC(=O)c1ccc(F)cc1C(F)(F)F. The molecule has 0 unspecified atom stereocenters. The average Bonchev–Trinajstić information content (AvgIpc) is 2.93. The fraction of sp³-hybridized carbons (Fsp3) is 0.375. The van der Waals surface area contributed by atoms with E-state index in [1.165, 1.54) is 0 Å². The van der Waals surface area contributed by atoms with E-state index in [0.29, 0.717) is 35.9 Å². The Morgan fingerprint density at radius 2 is 1.96 bits per heavy atom. The molecule has 0 fully saturated rings. The van der Waals surface area contributed by atoms with Crippen molar-refractivity contribution in [3.8, 4) is 0 Å². The molecule has 0 bridgehead atoms. The predicted molar refractivity (Wildman–Crippen MR) is 77.8 cm³/mol. The maximum atomic E-state index is 13.1. The van der Waals surface area contributed by atoms with E-state index in [2.05, 4.69) is 10.5 Å². The molecule has 8 heteroatoms. The van der Waals surface area contributed by atoms with Crippen molar-refractivity contribution in [2.75, 3.05) is 0 Å². The van der Waals surface area contributed by atoms with Crippen molar-refractivity contribution < 1.29 is 26.9 Å². The average molecular weight is 344 g/mol. The molecule has 1 aromatic heterocycles. The van der Waals surface area contributed by atoms with Crippen LogP contribution in [-0.2, 0) is 25.6 Å². The van der Waals surface area contributed by atoms with Gasteiger partial charge >= 0.3 is 6.18 Å². The third kappa shape index (κ3) is 3.74. The fourth-order valence-corrected chi connectivity index (χ4v) is 2.35. The smallest absolute Gasteiger partial charge is 0.361 e. The van der Waals surface area contributed by atoms with Gasteiger partial charge in [-0.1, -0.05) is 19.0 Å². The van der Waals surface area contributed by atoms with Crippen molar-refractivity contribution in [1.82, 2.24) is 10.5 Å².